The van der Waals surface area contributed by atoms with E-state index in [1.807, 2.05) is 12.1 Å². The van der Waals surface area contributed by atoms with Crippen molar-refractivity contribution >= 4 is 23.4 Å². The van der Waals surface area contributed by atoms with E-state index in [0.717, 1.165) is 24.1 Å². The van der Waals surface area contributed by atoms with Gasteiger partial charge in [0, 0.05) is 17.1 Å². The van der Waals surface area contributed by atoms with Crippen LogP contribution in [0.4, 0.5) is 0 Å². The molecular formula is C19H17ClN2O3. The molecule has 2 aliphatic heterocycles. The highest BCUT2D eigenvalue weighted by Gasteiger charge is 2.38. The number of fused-ring (bicyclic) bond motifs is 2. The van der Waals surface area contributed by atoms with Crippen molar-refractivity contribution < 1.29 is 14.3 Å². The number of benzene rings is 2. The second-order valence-corrected chi connectivity index (χ2v) is 6.57. The molecule has 1 N–H and O–H groups in total. The molecule has 0 fully saturated rings. The second-order valence-electron chi connectivity index (χ2n) is 6.17. The van der Waals surface area contributed by atoms with Gasteiger partial charge in [-0.15, -0.1) is 0 Å². The molecule has 128 valence electrons. The normalized spacial score (nSPS) is 19.0. The van der Waals surface area contributed by atoms with Crippen molar-refractivity contribution in [2.45, 2.75) is 12.5 Å². The lowest BCUT2D eigenvalue weighted by molar-refractivity contribution is 0.0636. The first kappa shape index (κ1) is 16.1. The minimum Gasteiger partial charge on any atom is -0.496 e. The molecule has 0 saturated carbocycles. The number of hydrogen-bond acceptors (Lipinski definition) is 4. The fourth-order valence-electron chi connectivity index (χ4n) is 3.65. The Kier molecular flexibility index (Phi) is 3.98. The first-order chi connectivity index (χ1) is 12.1. The van der Waals surface area contributed by atoms with Crippen LogP contribution in [-0.4, -0.2) is 36.9 Å². The summed E-state index contributed by atoms with van der Waals surface area (Å²) in [6.07, 6.45) is 0.782. The third-order valence-electron chi connectivity index (χ3n) is 4.84. The van der Waals surface area contributed by atoms with E-state index in [9.17, 15) is 9.59 Å². The molecule has 25 heavy (non-hydrogen) atoms. The predicted octanol–water partition coefficient (Wildman–Crippen LogP) is 2.83. The lowest BCUT2D eigenvalue weighted by atomic mass is 9.92. The van der Waals surface area contributed by atoms with Gasteiger partial charge in [-0.3, -0.25) is 14.5 Å². The topological polar surface area (TPSA) is 58.6 Å². The fraction of sp³-hybridized carbons (Fsp3) is 0.263. The van der Waals surface area contributed by atoms with Crippen molar-refractivity contribution in [2.75, 3.05) is 20.2 Å². The van der Waals surface area contributed by atoms with Crippen molar-refractivity contribution in [3.05, 3.63) is 63.7 Å². The first-order valence-corrected chi connectivity index (χ1v) is 8.53. The van der Waals surface area contributed by atoms with Gasteiger partial charge < -0.3 is 10.1 Å². The zero-order valence-electron chi connectivity index (χ0n) is 13.7. The summed E-state index contributed by atoms with van der Waals surface area (Å²) >= 11 is 6.35. The van der Waals surface area contributed by atoms with Crippen molar-refractivity contribution in [3.8, 4) is 5.75 Å². The zero-order chi connectivity index (χ0) is 17.6. The molecule has 0 aromatic heterocycles. The van der Waals surface area contributed by atoms with Crippen LogP contribution in [0.25, 0.3) is 0 Å². The molecule has 2 amide bonds. The Balaban J connectivity index is 1.70. The minimum absolute atomic E-state index is 0.209. The molecule has 4 rings (SSSR count). The summed E-state index contributed by atoms with van der Waals surface area (Å²) in [6.45, 7) is 0.976. The third-order valence-corrected chi connectivity index (χ3v) is 5.19. The molecule has 2 aliphatic rings. The summed E-state index contributed by atoms with van der Waals surface area (Å²) in [7, 11) is 1.61. The molecule has 2 aromatic rings. The van der Waals surface area contributed by atoms with Gasteiger partial charge in [-0.1, -0.05) is 23.7 Å². The maximum atomic E-state index is 12.6. The van der Waals surface area contributed by atoms with Crippen LogP contribution >= 0.6 is 11.6 Å². The van der Waals surface area contributed by atoms with Gasteiger partial charge >= 0.3 is 0 Å². The Morgan fingerprint density at radius 2 is 1.84 bits per heavy atom. The molecule has 0 aliphatic carbocycles. The average Bonchev–Trinajstić information content (AvgIpc) is 2.88. The summed E-state index contributed by atoms with van der Waals surface area (Å²) < 4.78 is 5.49. The lowest BCUT2D eigenvalue weighted by Gasteiger charge is -2.31. The summed E-state index contributed by atoms with van der Waals surface area (Å²) in [5.74, 6) is 0.208. The standard InChI is InChI=1S/C19H17ClN2O3/c1-25-16-7-6-14(20)13-8-9-21-15(17(13)16)10-22-18(23)11-4-2-3-5-12(11)19(22)24/h2-7,15,21H,8-10H2,1H3/t15-/m1/s1. The number of ether oxygens (including phenoxy) is 1. The molecule has 0 radical (unpaired) electrons. The van der Waals surface area contributed by atoms with Gasteiger partial charge in [-0.05, 0) is 42.8 Å². The maximum absolute atomic E-state index is 12.6. The van der Waals surface area contributed by atoms with Crippen LogP contribution in [0.2, 0.25) is 5.02 Å². The van der Waals surface area contributed by atoms with Gasteiger partial charge in [0.25, 0.3) is 11.8 Å². The Morgan fingerprint density at radius 3 is 2.48 bits per heavy atom. The van der Waals surface area contributed by atoms with Crippen LogP contribution in [0.3, 0.4) is 0 Å². The maximum Gasteiger partial charge on any atom is 0.261 e. The zero-order valence-corrected chi connectivity index (χ0v) is 14.5. The largest absolute Gasteiger partial charge is 0.496 e. The number of imide groups is 1. The van der Waals surface area contributed by atoms with Crippen LogP contribution in [0, 0.1) is 0 Å². The highest BCUT2D eigenvalue weighted by atomic mass is 35.5. The Bertz CT molecular complexity index is 846. The molecule has 5 nitrogen and oxygen atoms in total. The molecule has 0 unspecified atom stereocenters. The number of carbonyl (C=O) groups excluding carboxylic acids is 2. The van der Waals surface area contributed by atoms with E-state index in [-0.39, 0.29) is 24.4 Å². The Labute approximate surface area is 150 Å². The lowest BCUT2D eigenvalue weighted by Crippen LogP contribution is -2.41. The number of amides is 2. The molecule has 0 spiro atoms. The van der Waals surface area contributed by atoms with Gasteiger partial charge in [0.05, 0.1) is 24.3 Å². The van der Waals surface area contributed by atoms with E-state index in [1.165, 1.54) is 4.90 Å². The Hall–Kier alpha value is -2.37. The quantitative estimate of drug-likeness (QED) is 0.859. The number of nitrogens with one attached hydrogen (secondary N) is 1. The van der Waals surface area contributed by atoms with Crippen LogP contribution in [0.5, 0.6) is 5.75 Å². The van der Waals surface area contributed by atoms with E-state index in [4.69, 9.17) is 16.3 Å². The van der Waals surface area contributed by atoms with Crippen LogP contribution in [0.15, 0.2) is 36.4 Å². The van der Waals surface area contributed by atoms with Gasteiger partial charge in [0.15, 0.2) is 0 Å². The number of carbonyl (C=O) groups is 2. The predicted molar refractivity (Wildman–Crippen MR) is 94.3 cm³/mol. The minimum atomic E-state index is -0.254. The molecule has 0 saturated heterocycles. The van der Waals surface area contributed by atoms with E-state index in [2.05, 4.69) is 5.32 Å². The van der Waals surface area contributed by atoms with E-state index < -0.39 is 0 Å². The van der Waals surface area contributed by atoms with Crippen LogP contribution in [-0.2, 0) is 6.42 Å². The highest BCUT2D eigenvalue weighted by Crippen LogP contribution is 2.37. The third kappa shape index (κ3) is 2.51. The van der Waals surface area contributed by atoms with E-state index in [0.29, 0.717) is 21.9 Å². The molecule has 2 heterocycles. The van der Waals surface area contributed by atoms with Crippen molar-refractivity contribution in [2.24, 2.45) is 0 Å². The summed E-state index contributed by atoms with van der Waals surface area (Å²) in [5, 5.41) is 4.07. The van der Waals surface area contributed by atoms with Crippen LogP contribution in [0.1, 0.15) is 37.9 Å². The molecule has 0 bridgehead atoms. The summed E-state index contributed by atoms with van der Waals surface area (Å²) in [6, 6.07) is 10.4. The number of halogens is 1. The fourth-order valence-corrected chi connectivity index (χ4v) is 3.91. The highest BCUT2D eigenvalue weighted by molar-refractivity contribution is 6.31. The number of hydrogen-bond donors (Lipinski definition) is 1. The molecule has 1 atom stereocenters. The van der Waals surface area contributed by atoms with Gasteiger partial charge in [0.1, 0.15) is 5.75 Å². The van der Waals surface area contributed by atoms with Gasteiger partial charge in [-0.2, -0.15) is 0 Å². The SMILES string of the molecule is COc1ccc(Cl)c2c1[C@@H](CN1C(=O)c3ccccc3C1=O)NCC2. The first-order valence-electron chi connectivity index (χ1n) is 8.15. The van der Waals surface area contributed by atoms with Crippen molar-refractivity contribution in [1.29, 1.82) is 0 Å². The average molecular weight is 357 g/mol. The number of nitrogens with zero attached hydrogens (tertiary/aromatic N) is 1. The van der Waals surface area contributed by atoms with Crippen molar-refractivity contribution in [1.82, 2.24) is 10.2 Å². The van der Waals surface area contributed by atoms with E-state index in [1.54, 1.807) is 31.4 Å². The monoisotopic (exact) mass is 356 g/mol. The Morgan fingerprint density at radius 1 is 1.16 bits per heavy atom. The van der Waals surface area contributed by atoms with Gasteiger partial charge in [0.2, 0.25) is 0 Å². The molecule has 6 heteroatoms. The summed E-state index contributed by atoms with van der Waals surface area (Å²) in [4.78, 5) is 26.6. The van der Waals surface area contributed by atoms with Crippen LogP contribution < -0.4 is 10.1 Å². The summed E-state index contributed by atoms with van der Waals surface area (Å²) in [5.41, 5.74) is 2.86. The van der Waals surface area contributed by atoms with Crippen molar-refractivity contribution in [3.63, 3.8) is 0 Å². The molecular weight excluding hydrogens is 340 g/mol. The number of rotatable bonds is 3. The van der Waals surface area contributed by atoms with E-state index >= 15 is 0 Å². The second kappa shape index (κ2) is 6.17. The molecule has 2 aromatic carbocycles. The number of methoxy groups -OCH3 is 1. The van der Waals surface area contributed by atoms with Gasteiger partial charge in [-0.25, -0.2) is 0 Å². The smallest absolute Gasteiger partial charge is 0.261 e.